The minimum absolute atomic E-state index is 0.0163. The minimum Gasteiger partial charge on any atom is -0.490 e. The van der Waals surface area contributed by atoms with Crippen LogP contribution in [0.1, 0.15) is 17.3 Å². The molecule has 1 aromatic rings. The first-order valence-corrected chi connectivity index (χ1v) is 6.25. The molecule has 0 N–H and O–H groups in total. The number of nitrogens with zero attached hydrogens (tertiary/aromatic N) is 2. The van der Waals surface area contributed by atoms with E-state index in [1.165, 1.54) is 25.3 Å². The van der Waals surface area contributed by atoms with Crippen molar-refractivity contribution in [3.63, 3.8) is 0 Å². The number of methoxy groups -OCH3 is 1. The topological polar surface area (TPSA) is 81.9 Å². The van der Waals surface area contributed by atoms with Crippen LogP contribution in [0.5, 0.6) is 5.75 Å². The van der Waals surface area contributed by atoms with E-state index in [0.717, 1.165) is 0 Å². The second-order valence-electron chi connectivity index (χ2n) is 4.57. The van der Waals surface area contributed by atoms with Crippen LogP contribution in [-0.2, 0) is 4.74 Å². The van der Waals surface area contributed by atoms with Gasteiger partial charge in [-0.3, -0.25) is 14.9 Å². The van der Waals surface area contributed by atoms with Crippen LogP contribution in [0.4, 0.5) is 5.69 Å². The fourth-order valence-corrected chi connectivity index (χ4v) is 2.16. The summed E-state index contributed by atoms with van der Waals surface area (Å²) in [6.45, 7) is 3.41. The van der Waals surface area contributed by atoms with E-state index >= 15 is 0 Å². The average molecular weight is 280 g/mol. The Hall–Kier alpha value is -2.15. The van der Waals surface area contributed by atoms with Gasteiger partial charge in [-0.25, -0.2) is 0 Å². The fourth-order valence-electron chi connectivity index (χ4n) is 2.16. The van der Waals surface area contributed by atoms with Crippen LogP contribution >= 0.6 is 0 Å². The Morgan fingerprint density at radius 1 is 1.55 bits per heavy atom. The van der Waals surface area contributed by atoms with Crippen molar-refractivity contribution in [3.8, 4) is 5.75 Å². The predicted molar refractivity (Wildman–Crippen MR) is 71.0 cm³/mol. The SMILES string of the molecule is COc1cc(C(=O)N2CCOCC2C)ccc1[N+](=O)[O-]. The number of hydrogen-bond donors (Lipinski definition) is 0. The maximum absolute atomic E-state index is 12.4. The summed E-state index contributed by atoms with van der Waals surface area (Å²) in [5, 5.41) is 10.8. The summed E-state index contributed by atoms with van der Waals surface area (Å²) in [6, 6.07) is 4.13. The Morgan fingerprint density at radius 2 is 2.30 bits per heavy atom. The molecule has 0 aliphatic carbocycles. The molecule has 0 saturated carbocycles. The highest BCUT2D eigenvalue weighted by atomic mass is 16.6. The largest absolute Gasteiger partial charge is 0.490 e. The lowest BCUT2D eigenvalue weighted by Crippen LogP contribution is -2.47. The zero-order valence-corrected chi connectivity index (χ0v) is 11.4. The van der Waals surface area contributed by atoms with Crippen LogP contribution in [-0.4, -0.2) is 48.6 Å². The fraction of sp³-hybridized carbons (Fsp3) is 0.462. The number of carbonyl (C=O) groups is 1. The van der Waals surface area contributed by atoms with Crippen LogP contribution < -0.4 is 4.74 Å². The lowest BCUT2D eigenvalue weighted by molar-refractivity contribution is -0.385. The van der Waals surface area contributed by atoms with Crippen molar-refractivity contribution in [1.82, 2.24) is 4.90 Å². The van der Waals surface area contributed by atoms with E-state index in [-0.39, 0.29) is 23.4 Å². The van der Waals surface area contributed by atoms with Crippen molar-refractivity contribution in [1.29, 1.82) is 0 Å². The van der Waals surface area contributed by atoms with Gasteiger partial charge in [-0.1, -0.05) is 0 Å². The molecule has 1 heterocycles. The molecule has 0 radical (unpaired) electrons. The molecule has 1 atom stereocenters. The molecule has 1 aliphatic rings. The van der Waals surface area contributed by atoms with Gasteiger partial charge >= 0.3 is 5.69 Å². The van der Waals surface area contributed by atoms with Gasteiger partial charge in [0.15, 0.2) is 5.75 Å². The van der Waals surface area contributed by atoms with E-state index in [1.54, 1.807) is 4.90 Å². The molecule has 1 aliphatic heterocycles. The summed E-state index contributed by atoms with van der Waals surface area (Å²) in [4.78, 5) is 24.4. The van der Waals surface area contributed by atoms with Gasteiger partial charge in [-0.2, -0.15) is 0 Å². The minimum atomic E-state index is -0.537. The number of hydrogen-bond acceptors (Lipinski definition) is 5. The van der Waals surface area contributed by atoms with Gasteiger partial charge in [-0.15, -0.1) is 0 Å². The summed E-state index contributed by atoms with van der Waals surface area (Å²) in [5.74, 6) is -0.0873. The van der Waals surface area contributed by atoms with Crippen molar-refractivity contribution in [2.75, 3.05) is 26.9 Å². The third-order valence-corrected chi connectivity index (χ3v) is 3.25. The summed E-state index contributed by atoms with van der Waals surface area (Å²) in [5.41, 5.74) is 0.222. The normalized spacial score (nSPS) is 18.7. The Bertz CT molecular complexity index is 531. The van der Waals surface area contributed by atoms with Crippen molar-refractivity contribution >= 4 is 11.6 Å². The van der Waals surface area contributed by atoms with Gasteiger partial charge in [0.25, 0.3) is 5.91 Å². The maximum atomic E-state index is 12.4. The maximum Gasteiger partial charge on any atom is 0.310 e. The first-order chi connectivity index (χ1) is 9.54. The van der Waals surface area contributed by atoms with Crippen molar-refractivity contribution in [2.45, 2.75) is 13.0 Å². The summed E-state index contributed by atoms with van der Waals surface area (Å²) in [6.07, 6.45) is 0. The van der Waals surface area contributed by atoms with Gasteiger partial charge in [-0.05, 0) is 13.0 Å². The summed E-state index contributed by atoms with van der Waals surface area (Å²) >= 11 is 0. The molecule has 20 heavy (non-hydrogen) atoms. The molecule has 2 rings (SSSR count). The van der Waals surface area contributed by atoms with Gasteiger partial charge < -0.3 is 14.4 Å². The lowest BCUT2D eigenvalue weighted by Gasteiger charge is -2.33. The monoisotopic (exact) mass is 280 g/mol. The summed E-state index contributed by atoms with van der Waals surface area (Å²) < 4.78 is 10.3. The molecule has 0 bridgehead atoms. The number of rotatable bonds is 3. The molecule has 108 valence electrons. The quantitative estimate of drug-likeness (QED) is 0.618. The highest BCUT2D eigenvalue weighted by Crippen LogP contribution is 2.28. The molecule has 1 fully saturated rings. The number of nitro groups is 1. The van der Waals surface area contributed by atoms with Crippen LogP contribution in [0.3, 0.4) is 0 Å². The Balaban J connectivity index is 2.28. The summed E-state index contributed by atoms with van der Waals surface area (Å²) in [7, 11) is 1.34. The predicted octanol–water partition coefficient (Wildman–Crippen LogP) is 1.46. The Labute approximate surface area is 116 Å². The van der Waals surface area contributed by atoms with Crippen LogP contribution in [0.2, 0.25) is 0 Å². The van der Waals surface area contributed by atoms with Gasteiger partial charge in [0.05, 0.1) is 31.3 Å². The van der Waals surface area contributed by atoms with E-state index in [1.807, 2.05) is 6.92 Å². The number of benzene rings is 1. The Morgan fingerprint density at radius 3 is 2.90 bits per heavy atom. The van der Waals surface area contributed by atoms with Gasteiger partial charge in [0, 0.05) is 24.2 Å². The first-order valence-electron chi connectivity index (χ1n) is 6.25. The second-order valence-corrected chi connectivity index (χ2v) is 4.57. The van der Waals surface area contributed by atoms with Gasteiger partial charge in [0.1, 0.15) is 0 Å². The molecular weight excluding hydrogens is 264 g/mol. The highest BCUT2D eigenvalue weighted by molar-refractivity contribution is 5.95. The number of morpholine rings is 1. The molecule has 1 unspecified atom stereocenters. The Kier molecular flexibility index (Phi) is 4.19. The zero-order valence-electron chi connectivity index (χ0n) is 11.4. The van der Waals surface area contributed by atoms with Gasteiger partial charge in [0.2, 0.25) is 0 Å². The van der Waals surface area contributed by atoms with Crippen LogP contribution in [0, 0.1) is 10.1 Å². The van der Waals surface area contributed by atoms with E-state index in [2.05, 4.69) is 0 Å². The van der Waals surface area contributed by atoms with E-state index < -0.39 is 4.92 Å². The molecule has 7 heteroatoms. The third kappa shape index (κ3) is 2.72. The second kappa shape index (κ2) is 5.87. The van der Waals surface area contributed by atoms with E-state index in [0.29, 0.717) is 25.3 Å². The molecule has 0 spiro atoms. The van der Waals surface area contributed by atoms with Crippen LogP contribution in [0.15, 0.2) is 18.2 Å². The van der Waals surface area contributed by atoms with Crippen molar-refractivity contribution < 1.29 is 19.2 Å². The molecular formula is C13H16N2O5. The number of carbonyl (C=O) groups excluding carboxylic acids is 1. The molecule has 7 nitrogen and oxygen atoms in total. The van der Waals surface area contributed by atoms with E-state index in [9.17, 15) is 14.9 Å². The number of nitro benzene ring substituents is 1. The molecule has 1 saturated heterocycles. The lowest BCUT2D eigenvalue weighted by atomic mass is 10.1. The zero-order chi connectivity index (χ0) is 14.7. The standard InChI is InChI=1S/C13H16N2O5/c1-9-8-20-6-5-14(9)13(16)10-3-4-11(15(17)18)12(7-10)19-2/h3-4,7,9H,5-6,8H2,1-2H3. The molecule has 1 amide bonds. The number of amides is 1. The molecule has 1 aromatic carbocycles. The first kappa shape index (κ1) is 14.3. The van der Waals surface area contributed by atoms with Crippen LogP contribution in [0.25, 0.3) is 0 Å². The third-order valence-electron chi connectivity index (χ3n) is 3.25. The average Bonchev–Trinajstić information content (AvgIpc) is 2.46. The number of ether oxygens (including phenoxy) is 2. The van der Waals surface area contributed by atoms with E-state index in [4.69, 9.17) is 9.47 Å². The van der Waals surface area contributed by atoms with Crippen molar-refractivity contribution in [2.24, 2.45) is 0 Å². The molecule has 0 aromatic heterocycles. The van der Waals surface area contributed by atoms with Crippen molar-refractivity contribution in [3.05, 3.63) is 33.9 Å². The smallest absolute Gasteiger partial charge is 0.310 e. The highest BCUT2D eigenvalue weighted by Gasteiger charge is 2.26.